The van der Waals surface area contributed by atoms with Crippen LogP contribution in [0.1, 0.15) is 16.7 Å². The van der Waals surface area contributed by atoms with Gasteiger partial charge in [-0.05, 0) is 36.6 Å². The lowest BCUT2D eigenvalue weighted by Crippen LogP contribution is -2.33. The molecule has 0 atom stereocenters. The van der Waals surface area contributed by atoms with Crippen LogP contribution in [0, 0.1) is 25.2 Å². The van der Waals surface area contributed by atoms with E-state index in [0.29, 0.717) is 24.1 Å². The van der Waals surface area contributed by atoms with Crippen LogP contribution in [0.15, 0.2) is 46.6 Å². The van der Waals surface area contributed by atoms with Crippen LogP contribution in [0.25, 0.3) is 0 Å². The summed E-state index contributed by atoms with van der Waals surface area (Å²) in [6.45, 7) is 5.99. The van der Waals surface area contributed by atoms with E-state index in [9.17, 15) is 5.26 Å². The molecule has 0 saturated heterocycles. The Morgan fingerprint density at radius 1 is 1.31 bits per heavy atom. The van der Waals surface area contributed by atoms with Crippen molar-refractivity contribution in [2.75, 3.05) is 18.5 Å². The second-order valence-electron chi connectivity index (χ2n) is 6.07. The number of aromatic nitrogens is 1. The second-order valence-corrected chi connectivity index (χ2v) is 6.45. The van der Waals surface area contributed by atoms with E-state index in [1.54, 1.807) is 12.3 Å². The van der Waals surface area contributed by atoms with Gasteiger partial charge in [0.15, 0.2) is 5.84 Å². The predicted molar refractivity (Wildman–Crippen MR) is 105 cm³/mol. The number of anilines is 1. The fourth-order valence-corrected chi connectivity index (χ4v) is 2.92. The van der Waals surface area contributed by atoms with Gasteiger partial charge in [0.1, 0.15) is 11.2 Å². The van der Waals surface area contributed by atoms with E-state index in [2.05, 4.69) is 26.6 Å². The number of rotatable bonds is 5. The third-order valence-corrected chi connectivity index (χ3v) is 4.40. The lowest BCUT2D eigenvalue weighted by atomic mass is 10.1. The average molecular weight is 367 g/mol. The van der Waals surface area contributed by atoms with Crippen molar-refractivity contribution in [3.8, 4) is 6.07 Å². The summed E-state index contributed by atoms with van der Waals surface area (Å²) in [5.41, 5.74) is 7.36. The lowest BCUT2D eigenvalue weighted by molar-refractivity contribution is 0.456. The zero-order chi connectivity index (χ0) is 18.5. The normalized spacial score (nSPS) is 14.2. The summed E-state index contributed by atoms with van der Waals surface area (Å²) in [5.74, 6) is 0.598. The Bertz CT molecular complexity index is 875. The molecule has 1 aromatic heterocycles. The maximum absolute atomic E-state index is 9.57. The van der Waals surface area contributed by atoms with Crippen LogP contribution in [0.2, 0.25) is 5.15 Å². The van der Waals surface area contributed by atoms with Crippen LogP contribution in [0.4, 0.5) is 5.69 Å². The molecule has 0 aliphatic carbocycles. The van der Waals surface area contributed by atoms with Gasteiger partial charge in [0.25, 0.3) is 0 Å². The van der Waals surface area contributed by atoms with Gasteiger partial charge >= 0.3 is 0 Å². The Morgan fingerprint density at radius 3 is 2.73 bits per heavy atom. The van der Waals surface area contributed by atoms with Crippen LogP contribution in [0.3, 0.4) is 0 Å². The van der Waals surface area contributed by atoms with Crippen LogP contribution < -0.4 is 5.43 Å². The fraction of sp³-hybridized carbons (Fsp3) is 0.263. The molecular weight excluding hydrogens is 348 g/mol. The third kappa shape index (κ3) is 4.01. The number of halogens is 1. The SMILES string of the molecule is Cc1cccc(C)c1NN=C(C#N)C1=NCCN1Cc1ccc(Cl)nc1. The summed E-state index contributed by atoms with van der Waals surface area (Å²) < 4.78 is 0. The van der Waals surface area contributed by atoms with Crippen LogP contribution >= 0.6 is 11.6 Å². The van der Waals surface area contributed by atoms with E-state index in [1.807, 2.05) is 43.0 Å². The van der Waals surface area contributed by atoms with E-state index < -0.39 is 0 Å². The summed E-state index contributed by atoms with van der Waals surface area (Å²) in [6.07, 6.45) is 1.73. The van der Waals surface area contributed by atoms with E-state index in [0.717, 1.165) is 28.9 Å². The summed E-state index contributed by atoms with van der Waals surface area (Å²) >= 11 is 5.84. The van der Waals surface area contributed by atoms with Crippen molar-refractivity contribution in [2.24, 2.45) is 10.1 Å². The maximum Gasteiger partial charge on any atom is 0.202 e. The Kier molecular flexibility index (Phi) is 5.49. The number of hydrazone groups is 1. The molecule has 1 aliphatic heterocycles. The Hall–Kier alpha value is -2.91. The number of amidine groups is 1. The highest BCUT2D eigenvalue weighted by Gasteiger charge is 2.22. The third-order valence-electron chi connectivity index (χ3n) is 4.17. The molecule has 3 rings (SSSR count). The number of para-hydroxylation sites is 1. The predicted octanol–water partition coefficient (Wildman–Crippen LogP) is 3.56. The molecule has 132 valence electrons. The first-order valence-corrected chi connectivity index (χ1v) is 8.66. The maximum atomic E-state index is 9.57. The largest absolute Gasteiger partial charge is 0.348 e. The molecular formula is C19H19ClN6. The van der Waals surface area contributed by atoms with E-state index in [-0.39, 0.29) is 5.71 Å². The molecule has 0 fully saturated rings. The molecule has 1 aromatic carbocycles. The van der Waals surface area contributed by atoms with Gasteiger partial charge in [0, 0.05) is 19.3 Å². The average Bonchev–Trinajstić information content (AvgIpc) is 3.08. The van der Waals surface area contributed by atoms with Crippen LogP contribution in [0.5, 0.6) is 0 Å². The molecule has 2 heterocycles. The fourth-order valence-electron chi connectivity index (χ4n) is 2.81. The minimum Gasteiger partial charge on any atom is -0.348 e. The highest BCUT2D eigenvalue weighted by atomic mass is 35.5. The van der Waals surface area contributed by atoms with Gasteiger partial charge in [0.05, 0.1) is 12.2 Å². The first kappa shape index (κ1) is 17.9. The molecule has 0 saturated carbocycles. The van der Waals surface area contributed by atoms with Crippen molar-refractivity contribution in [1.82, 2.24) is 9.88 Å². The molecule has 7 heteroatoms. The molecule has 1 aliphatic rings. The van der Waals surface area contributed by atoms with Crippen molar-refractivity contribution in [2.45, 2.75) is 20.4 Å². The zero-order valence-electron chi connectivity index (χ0n) is 14.7. The van der Waals surface area contributed by atoms with Crippen molar-refractivity contribution in [3.63, 3.8) is 0 Å². The Balaban J connectivity index is 1.78. The summed E-state index contributed by atoms with van der Waals surface area (Å²) in [5, 5.41) is 14.3. The van der Waals surface area contributed by atoms with Gasteiger partial charge in [-0.25, -0.2) is 4.98 Å². The summed E-state index contributed by atoms with van der Waals surface area (Å²) in [6, 6.07) is 11.8. The highest BCUT2D eigenvalue weighted by Crippen LogP contribution is 2.19. The minimum absolute atomic E-state index is 0.270. The number of aryl methyl sites for hydroxylation is 2. The van der Waals surface area contributed by atoms with Gasteiger partial charge in [-0.15, -0.1) is 0 Å². The van der Waals surface area contributed by atoms with Crippen molar-refractivity contribution >= 4 is 28.8 Å². The number of nitrogens with one attached hydrogen (secondary N) is 1. The topological polar surface area (TPSA) is 76.7 Å². The number of hydrogen-bond donors (Lipinski definition) is 1. The number of nitriles is 1. The summed E-state index contributed by atoms with van der Waals surface area (Å²) in [4.78, 5) is 10.6. The molecule has 0 bridgehead atoms. The van der Waals surface area contributed by atoms with E-state index in [4.69, 9.17) is 11.6 Å². The molecule has 0 spiro atoms. The molecule has 0 radical (unpaired) electrons. The monoisotopic (exact) mass is 366 g/mol. The number of hydrogen-bond acceptors (Lipinski definition) is 6. The van der Waals surface area contributed by atoms with Gasteiger partial charge in [-0.3, -0.25) is 10.4 Å². The number of benzene rings is 1. The smallest absolute Gasteiger partial charge is 0.202 e. The van der Waals surface area contributed by atoms with Gasteiger partial charge in [0.2, 0.25) is 5.71 Å². The quantitative estimate of drug-likeness (QED) is 0.498. The summed E-state index contributed by atoms with van der Waals surface area (Å²) in [7, 11) is 0. The van der Waals surface area contributed by atoms with Crippen LogP contribution in [-0.4, -0.2) is 34.5 Å². The van der Waals surface area contributed by atoms with Crippen molar-refractivity contribution < 1.29 is 0 Å². The lowest BCUT2D eigenvalue weighted by Gasteiger charge is -2.19. The number of aliphatic imine (C=N–C) groups is 1. The molecule has 6 nitrogen and oxygen atoms in total. The standard InChI is InChI=1S/C19H19ClN6/c1-13-4-3-5-14(2)18(13)25-24-16(10-21)19-22-8-9-26(19)12-15-6-7-17(20)23-11-15/h3-7,11,25H,8-9,12H2,1-2H3. The Labute approximate surface area is 157 Å². The zero-order valence-corrected chi connectivity index (χ0v) is 15.5. The van der Waals surface area contributed by atoms with Crippen LogP contribution in [-0.2, 0) is 6.54 Å². The minimum atomic E-state index is 0.270. The van der Waals surface area contributed by atoms with Gasteiger partial charge in [-0.1, -0.05) is 35.9 Å². The number of nitrogens with zero attached hydrogens (tertiary/aromatic N) is 5. The molecule has 0 unspecified atom stereocenters. The molecule has 2 aromatic rings. The molecule has 1 N–H and O–H groups in total. The van der Waals surface area contributed by atoms with Gasteiger partial charge < -0.3 is 4.90 Å². The van der Waals surface area contributed by atoms with Crippen molar-refractivity contribution in [3.05, 3.63) is 58.4 Å². The second kappa shape index (κ2) is 7.98. The first-order chi connectivity index (χ1) is 12.6. The van der Waals surface area contributed by atoms with E-state index >= 15 is 0 Å². The first-order valence-electron chi connectivity index (χ1n) is 8.28. The van der Waals surface area contributed by atoms with E-state index in [1.165, 1.54) is 0 Å². The van der Waals surface area contributed by atoms with Crippen molar-refractivity contribution in [1.29, 1.82) is 5.26 Å². The Morgan fingerprint density at radius 2 is 2.08 bits per heavy atom. The highest BCUT2D eigenvalue weighted by molar-refractivity contribution is 6.47. The molecule has 26 heavy (non-hydrogen) atoms. The van der Waals surface area contributed by atoms with Gasteiger partial charge in [-0.2, -0.15) is 10.4 Å². The number of pyridine rings is 1. The molecule has 0 amide bonds.